The number of nitrogens with zero attached hydrogens (tertiary/aromatic N) is 3. The molecule has 0 amide bonds. The van der Waals surface area contributed by atoms with Crippen LogP contribution in [0.2, 0.25) is 0 Å². The van der Waals surface area contributed by atoms with Gasteiger partial charge in [-0.25, -0.2) is 31.5 Å². The fourth-order valence-corrected chi connectivity index (χ4v) is 3.82. The quantitative estimate of drug-likeness (QED) is 0.430. The van der Waals surface area contributed by atoms with Crippen LogP contribution in [0.15, 0.2) is 70.9 Å². The zero-order valence-electron chi connectivity index (χ0n) is 17.0. The highest BCUT2D eigenvalue weighted by molar-refractivity contribution is 7.91. The van der Waals surface area contributed by atoms with E-state index < -0.39 is 33.4 Å². The minimum Gasteiger partial charge on any atom is -0.478 e. The van der Waals surface area contributed by atoms with Crippen molar-refractivity contribution in [2.75, 3.05) is 7.05 Å². The maximum atomic E-state index is 14.2. The minimum atomic E-state index is -4.02. The molecule has 3 N–H and O–H groups in total. The molecule has 0 saturated carbocycles. The molecule has 1 aromatic carbocycles. The van der Waals surface area contributed by atoms with E-state index in [1.165, 1.54) is 42.7 Å². The Kier molecular flexibility index (Phi) is 8.48. The summed E-state index contributed by atoms with van der Waals surface area (Å²) in [6.07, 6.45) is 3.74. The van der Waals surface area contributed by atoms with Crippen LogP contribution >= 0.6 is 0 Å². The Labute approximate surface area is 186 Å². The van der Waals surface area contributed by atoms with Crippen molar-refractivity contribution in [3.63, 3.8) is 0 Å². The van der Waals surface area contributed by atoms with E-state index in [1.54, 1.807) is 7.05 Å². The average Bonchev–Trinajstić information content (AvgIpc) is 3.20. The lowest BCUT2D eigenvalue weighted by molar-refractivity contribution is -0.134. The van der Waals surface area contributed by atoms with E-state index in [2.05, 4.69) is 15.4 Å². The van der Waals surface area contributed by atoms with Crippen molar-refractivity contribution >= 4 is 21.8 Å². The van der Waals surface area contributed by atoms with Crippen LogP contribution in [0.4, 0.5) is 8.78 Å². The molecule has 3 rings (SSSR count). The number of hydrogen-bond acceptors (Lipinski definition) is 7. The number of nitrogens with one attached hydrogen (secondary N) is 1. The molecule has 0 unspecified atom stereocenters. The highest BCUT2D eigenvalue weighted by Gasteiger charge is 2.26. The summed E-state index contributed by atoms with van der Waals surface area (Å²) < 4.78 is 54.5. The standard InChI is InChI=1S/C16H14F2N4O2S.C4H4O4/c1-19-9-11-8-15(25(23,24)12-4-3-7-20-10-12)22(21-11)14-6-2-5-13(17)16(14)18;5-3(6)1-2-4(7)8/h2-8,10,19H,9H2,1H3;1-2H,(H,5,6)(H,7,8)/b;2-1+. The van der Waals surface area contributed by atoms with Crippen LogP contribution in [-0.2, 0) is 26.0 Å². The molecule has 0 bridgehead atoms. The van der Waals surface area contributed by atoms with Crippen LogP contribution in [0.3, 0.4) is 0 Å². The highest BCUT2D eigenvalue weighted by atomic mass is 32.2. The number of benzene rings is 1. The Balaban J connectivity index is 0.000000414. The van der Waals surface area contributed by atoms with E-state index >= 15 is 0 Å². The third-order valence-electron chi connectivity index (χ3n) is 3.83. The van der Waals surface area contributed by atoms with Gasteiger partial charge in [0.05, 0.1) is 10.6 Å². The van der Waals surface area contributed by atoms with Gasteiger partial charge < -0.3 is 15.5 Å². The molecule has 174 valence electrons. The van der Waals surface area contributed by atoms with Gasteiger partial charge >= 0.3 is 11.9 Å². The largest absolute Gasteiger partial charge is 0.478 e. The SMILES string of the molecule is CNCc1cc(S(=O)(=O)c2cccnc2)n(-c2cccc(F)c2F)n1.O=C(O)/C=C/C(=O)O. The van der Waals surface area contributed by atoms with Gasteiger partial charge in [0, 0.05) is 37.2 Å². The fraction of sp³-hybridized carbons (Fsp3) is 0.100. The molecule has 0 radical (unpaired) electrons. The van der Waals surface area contributed by atoms with Gasteiger partial charge in [-0.05, 0) is 31.3 Å². The van der Waals surface area contributed by atoms with Crippen LogP contribution in [0.25, 0.3) is 5.69 Å². The molecule has 0 aliphatic carbocycles. The molecule has 0 saturated heterocycles. The van der Waals surface area contributed by atoms with Gasteiger partial charge in [-0.3, -0.25) is 4.98 Å². The van der Waals surface area contributed by atoms with Crippen LogP contribution in [0, 0.1) is 11.6 Å². The number of halogens is 2. The maximum absolute atomic E-state index is 14.2. The van der Waals surface area contributed by atoms with E-state index in [4.69, 9.17) is 10.2 Å². The lowest BCUT2D eigenvalue weighted by atomic mass is 10.3. The van der Waals surface area contributed by atoms with Crippen molar-refractivity contribution in [2.45, 2.75) is 16.5 Å². The van der Waals surface area contributed by atoms with Crippen LogP contribution in [0.5, 0.6) is 0 Å². The van der Waals surface area contributed by atoms with Crippen molar-refractivity contribution in [1.82, 2.24) is 20.1 Å². The van der Waals surface area contributed by atoms with E-state index in [0.29, 0.717) is 17.8 Å². The number of aliphatic carboxylic acids is 2. The molecule has 2 heterocycles. The Morgan fingerprint density at radius 3 is 2.33 bits per heavy atom. The molecule has 0 spiro atoms. The van der Waals surface area contributed by atoms with Gasteiger partial charge in [-0.1, -0.05) is 6.07 Å². The summed E-state index contributed by atoms with van der Waals surface area (Å²) in [5.41, 5.74) is 0.0819. The van der Waals surface area contributed by atoms with E-state index in [1.807, 2.05) is 0 Å². The van der Waals surface area contributed by atoms with Crippen LogP contribution in [0.1, 0.15) is 5.69 Å². The first kappa shape index (κ1) is 25.3. The summed E-state index contributed by atoms with van der Waals surface area (Å²) in [4.78, 5) is 22.8. The van der Waals surface area contributed by atoms with E-state index in [0.717, 1.165) is 10.7 Å². The number of carboxylic acid groups (broad SMARTS) is 2. The molecule has 2 aromatic heterocycles. The number of sulfone groups is 1. The highest BCUT2D eigenvalue weighted by Crippen LogP contribution is 2.26. The predicted molar refractivity (Wildman–Crippen MR) is 110 cm³/mol. The monoisotopic (exact) mass is 480 g/mol. The average molecular weight is 480 g/mol. The van der Waals surface area contributed by atoms with E-state index in [9.17, 15) is 26.8 Å². The molecule has 0 atom stereocenters. The molecule has 3 aromatic rings. The van der Waals surface area contributed by atoms with Crippen LogP contribution < -0.4 is 5.32 Å². The molecule has 13 heteroatoms. The van der Waals surface area contributed by atoms with Crippen molar-refractivity contribution in [3.8, 4) is 5.69 Å². The van der Waals surface area contributed by atoms with Gasteiger partial charge in [-0.2, -0.15) is 5.10 Å². The zero-order chi connectivity index (χ0) is 24.6. The normalized spacial score (nSPS) is 11.1. The summed E-state index contributed by atoms with van der Waals surface area (Å²) in [6, 6.07) is 7.67. The molecular formula is C20H18F2N4O6S. The topological polar surface area (TPSA) is 151 Å². The van der Waals surface area contributed by atoms with Gasteiger partial charge in [-0.15, -0.1) is 0 Å². The summed E-state index contributed by atoms with van der Waals surface area (Å²) in [6.45, 7) is 0.263. The number of carbonyl (C=O) groups is 2. The maximum Gasteiger partial charge on any atom is 0.328 e. The molecule has 0 aliphatic rings. The number of hydrogen-bond donors (Lipinski definition) is 3. The minimum absolute atomic E-state index is 0.0658. The first-order valence-corrected chi connectivity index (χ1v) is 10.5. The Morgan fingerprint density at radius 1 is 1.12 bits per heavy atom. The van der Waals surface area contributed by atoms with Gasteiger partial charge in [0.1, 0.15) is 5.69 Å². The second-order valence-corrected chi connectivity index (χ2v) is 8.09. The summed E-state index contributed by atoms with van der Waals surface area (Å²) in [5, 5.41) is 22.3. The second-order valence-electron chi connectivity index (χ2n) is 6.19. The first-order valence-electron chi connectivity index (χ1n) is 9.05. The summed E-state index contributed by atoms with van der Waals surface area (Å²) in [7, 11) is -2.36. The Hall–Kier alpha value is -3.97. The Morgan fingerprint density at radius 2 is 1.79 bits per heavy atom. The van der Waals surface area contributed by atoms with Crippen molar-refractivity contribution in [3.05, 3.63) is 78.3 Å². The molecular weight excluding hydrogens is 462 g/mol. The molecule has 33 heavy (non-hydrogen) atoms. The molecule has 0 fully saturated rings. The lowest BCUT2D eigenvalue weighted by Crippen LogP contribution is -2.12. The molecule has 0 aliphatic heterocycles. The van der Waals surface area contributed by atoms with Crippen molar-refractivity contribution < 1.29 is 37.0 Å². The smallest absolute Gasteiger partial charge is 0.328 e. The summed E-state index contributed by atoms with van der Waals surface area (Å²) in [5.74, 6) is -4.78. The fourth-order valence-electron chi connectivity index (χ4n) is 2.47. The zero-order valence-corrected chi connectivity index (χ0v) is 17.8. The molecule has 10 nitrogen and oxygen atoms in total. The second kappa shape index (κ2) is 11.1. The predicted octanol–water partition coefficient (Wildman–Crippen LogP) is 1.81. The number of carboxylic acids is 2. The third kappa shape index (κ3) is 6.51. The van der Waals surface area contributed by atoms with Crippen LogP contribution in [-0.4, -0.2) is 52.4 Å². The lowest BCUT2D eigenvalue weighted by Gasteiger charge is -2.09. The number of aromatic nitrogens is 3. The number of rotatable bonds is 7. The van der Waals surface area contributed by atoms with Gasteiger partial charge in [0.25, 0.3) is 0 Å². The number of pyridine rings is 1. The third-order valence-corrected chi connectivity index (χ3v) is 5.54. The van der Waals surface area contributed by atoms with Crippen molar-refractivity contribution in [1.29, 1.82) is 0 Å². The van der Waals surface area contributed by atoms with Crippen molar-refractivity contribution in [2.24, 2.45) is 0 Å². The van der Waals surface area contributed by atoms with Gasteiger partial charge in [0.15, 0.2) is 16.7 Å². The first-order chi connectivity index (χ1) is 15.6. The summed E-state index contributed by atoms with van der Waals surface area (Å²) >= 11 is 0. The van der Waals surface area contributed by atoms with E-state index in [-0.39, 0.29) is 22.2 Å². The Bertz CT molecular complexity index is 1260. The van der Waals surface area contributed by atoms with Gasteiger partial charge in [0.2, 0.25) is 9.84 Å².